The first kappa shape index (κ1) is 18.4. The Morgan fingerprint density at radius 1 is 1.04 bits per heavy atom. The molecule has 142 valence electrons. The van der Waals surface area contributed by atoms with Gasteiger partial charge in [0.1, 0.15) is 0 Å². The van der Waals surface area contributed by atoms with Crippen LogP contribution in [0, 0.1) is 5.92 Å². The van der Waals surface area contributed by atoms with Crippen LogP contribution in [0.1, 0.15) is 23.2 Å². The predicted molar refractivity (Wildman–Crippen MR) is 110 cm³/mol. The zero-order valence-electron chi connectivity index (χ0n) is 15.3. The molecule has 1 aliphatic heterocycles. The van der Waals surface area contributed by atoms with E-state index >= 15 is 0 Å². The van der Waals surface area contributed by atoms with E-state index in [1.807, 2.05) is 53.4 Å². The summed E-state index contributed by atoms with van der Waals surface area (Å²) in [6.07, 6.45) is 3.03. The molecule has 6 heteroatoms. The summed E-state index contributed by atoms with van der Waals surface area (Å²) >= 11 is 6.06. The summed E-state index contributed by atoms with van der Waals surface area (Å²) in [6, 6.07) is 16.8. The Hall–Kier alpha value is -2.92. The van der Waals surface area contributed by atoms with Crippen molar-refractivity contribution in [1.29, 1.82) is 0 Å². The van der Waals surface area contributed by atoms with Crippen LogP contribution < -0.4 is 4.90 Å². The van der Waals surface area contributed by atoms with Gasteiger partial charge in [-0.2, -0.15) is 4.98 Å². The zero-order chi connectivity index (χ0) is 19.5. The van der Waals surface area contributed by atoms with Crippen molar-refractivity contribution in [2.75, 3.05) is 18.0 Å². The maximum Gasteiger partial charge on any atom is 0.228 e. The molecule has 5 nitrogen and oxygen atoms in total. The lowest BCUT2D eigenvalue weighted by Gasteiger charge is -2.31. The molecule has 0 atom stereocenters. The number of piperidine rings is 1. The first-order valence-corrected chi connectivity index (χ1v) is 9.65. The number of halogens is 1. The Labute approximate surface area is 168 Å². The van der Waals surface area contributed by atoms with Crippen LogP contribution in [0.15, 0.2) is 60.8 Å². The highest BCUT2D eigenvalue weighted by atomic mass is 35.5. The van der Waals surface area contributed by atoms with Gasteiger partial charge in [0.15, 0.2) is 5.78 Å². The monoisotopic (exact) mass is 393 g/mol. The minimum atomic E-state index is -0.0389. The highest BCUT2D eigenvalue weighted by Crippen LogP contribution is 2.27. The number of rotatable bonds is 4. The van der Waals surface area contributed by atoms with Gasteiger partial charge >= 0.3 is 0 Å². The molecule has 0 radical (unpaired) electrons. The van der Waals surface area contributed by atoms with Gasteiger partial charge in [0.2, 0.25) is 11.8 Å². The van der Waals surface area contributed by atoms with Crippen LogP contribution in [0.4, 0.5) is 5.95 Å². The van der Waals surface area contributed by atoms with Crippen LogP contribution in [0.3, 0.4) is 0 Å². The average molecular weight is 394 g/mol. The van der Waals surface area contributed by atoms with Gasteiger partial charge < -0.3 is 10.0 Å². The van der Waals surface area contributed by atoms with Crippen LogP contribution in [0.25, 0.3) is 11.1 Å². The first-order valence-electron chi connectivity index (χ1n) is 9.27. The zero-order valence-corrected chi connectivity index (χ0v) is 16.0. The number of benzene rings is 2. The van der Waals surface area contributed by atoms with Gasteiger partial charge in [-0.15, -0.1) is 0 Å². The van der Waals surface area contributed by atoms with Gasteiger partial charge in [0, 0.05) is 41.9 Å². The molecule has 0 spiro atoms. The van der Waals surface area contributed by atoms with Crippen molar-refractivity contribution in [2.24, 2.45) is 5.92 Å². The van der Waals surface area contributed by atoms with Crippen molar-refractivity contribution in [3.05, 3.63) is 71.4 Å². The van der Waals surface area contributed by atoms with Gasteiger partial charge in [-0.05, 0) is 36.1 Å². The number of aromatic nitrogens is 2. The molecule has 2 aromatic carbocycles. The third kappa shape index (κ3) is 3.99. The smallest absolute Gasteiger partial charge is 0.228 e. The van der Waals surface area contributed by atoms with E-state index in [9.17, 15) is 9.90 Å². The number of ketones is 1. The molecule has 1 N–H and O–H groups in total. The molecule has 3 aromatic rings. The molecule has 2 heterocycles. The Kier molecular flexibility index (Phi) is 5.26. The second kappa shape index (κ2) is 7.98. The van der Waals surface area contributed by atoms with E-state index in [2.05, 4.69) is 9.97 Å². The summed E-state index contributed by atoms with van der Waals surface area (Å²) in [4.78, 5) is 23.1. The van der Waals surface area contributed by atoms with E-state index in [1.54, 1.807) is 0 Å². The van der Waals surface area contributed by atoms with Crippen LogP contribution in [-0.2, 0) is 0 Å². The fourth-order valence-electron chi connectivity index (χ4n) is 3.56. The number of anilines is 1. The average Bonchev–Trinajstić information content (AvgIpc) is 2.73. The van der Waals surface area contributed by atoms with Crippen LogP contribution in [0.2, 0.25) is 5.02 Å². The Balaban J connectivity index is 1.41. The quantitative estimate of drug-likeness (QED) is 0.656. The largest absolute Gasteiger partial charge is 0.493 e. The first-order chi connectivity index (χ1) is 13.6. The van der Waals surface area contributed by atoms with E-state index in [-0.39, 0.29) is 17.6 Å². The Morgan fingerprint density at radius 2 is 1.79 bits per heavy atom. The van der Waals surface area contributed by atoms with Crippen molar-refractivity contribution in [3.63, 3.8) is 0 Å². The summed E-state index contributed by atoms with van der Waals surface area (Å²) in [5.41, 5.74) is 2.80. The number of nitrogens with zero attached hydrogens (tertiary/aromatic N) is 3. The molecular formula is C22H20ClN3O2. The van der Waals surface area contributed by atoms with E-state index in [0.717, 1.165) is 29.5 Å². The summed E-state index contributed by atoms with van der Waals surface area (Å²) in [6.45, 7) is 1.39. The van der Waals surface area contributed by atoms with Crippen LogP contribution in [0.5, 0.6) is 5.88 Å². The summed E-state index contributed by atoms with van der Waals surface area (Å²) in [5.74, 6) is 0.638. The normalized spacial score (nSPS) is 14.8. The van der Waals surface area contributed by atoms with Gasteiger partial charge in [0.25, 0.3) is 0 Å². The number of carbonyl (C=O) groups excluding carboxylic acids is 1. The van der Waals surface area contributed by atoms with E-state index in [1.165, 1.54) is 12.3 Å². The maximum atomic E-state index is 12.9. The third-order valence-corrected chi connectivity index (χ3v) is 5.34. The molecule has 0 unspecified atom stereocenters. The summed E-state index contributed by atoms with van der Waals surface area (Å²) in [7, 11) is 0. The molecule has 1 fully saturated rings. The van der Waals surface area contributed by atoms with Crippen molar-refractivity contribution < 1.29 is 9.90 Å². The number of aromatic hydroxyl groups is 1. The lowest BCUT2D eigenvalue weighted by Crippen LogP contribution is -2.37. The molecular weight excluding hydrogens is 374 g/mol. The minimum Gasteiger partial charge on any atom is -0.493 e. The third-order valence-electron chi connectivity index (χ3n) is 5.10. The topological polar surface area (TPSA) is 66.3 Å². The highest BCUT2D eigenvalue weighted by molar-refractivity contribution is 6.30. The van der Waals surface area contributed by atoms with Crippen molar-refractivity contribution in [2.45, 2.75) is 12.8 Å². The Bertz CT molecular complexity index is 983. The second-order valence-electron chi connectivity index (χ2n) is 6.93. The predicted octanol–water partition coefficient (Wildman–Crippen LogP) is 4.60. The van der Waals surface area contributed by atoms with Gasteiger partial charge in [-0.1, -0.05) is 48.0 Å². The molecule has 1 aromatic heterocycles. The van der Waals surface area contributed by atoms with Crippen molar-refractivity contribution in [1.82, 2.24) is 9.97 Å². The fraction of sp³-hybridized carbons (Fsp3) is 0.227. The number of carbonyl (C=O) groups is 1. The van der Waals surface area contributed by atoms with E-state index < -0.39 is 0 Å². The number of hydrogen-bond acceptors (Lipinski definition) is 5. The summed E-state index contributed by atoms with van der Waals surface area (Å²) in [5, 5.41) is 10.2. The molecule has 0 bridgehead atoms. The molecule has 1 aliphatic rings. The van der Waals surface area contributed by atoms with E-state index in [4.69, 9.17) is 11.6 Å². The standard InChI is InChI=1S/C22H20ClN3O2/c23-19-3-1-2-18(14-19)15-4-6-16(7-5-15)21(28)17-9-12-26(13-10-17)22-24-11-8-20(27)25-22/h1-8,11,14,17H,9-10,12-13H2,(H,24,25,27). The van der Waals surface area contributed by atoms with Crippen LogP contribution >= 0.6 is 11.6 Å². The highest BCUT2D eigenvalue weighted by Gasteiger charge is 2.27. The molecule has 28 heavy (non-hydrogen) atoms. The van der Waals surface area contributed by atoms with Crippen molar-refractivity contribution >= 4 is 23.3 Å². The van der Waals surface area contributed by atoms with Crippen LogP contribution in [-0.4, -0.2) is 33.9 Å². The molecule has 0 aliphatic carbocycles. The SMILES string of the molecule is O=C(c1ccc(-c2cccc(Cl)c2)cc1)C1CCN(c2nccc(O)n2)CC1. The number of hydrogen-bond donors (Lipinski definition) is 1. The summed E-state index contributed by atoms with van der Waals surface area (Å²) < 4.78 is 0. The van der Waals surface area contributed by atoms with Gasteiger partial charge in [-0.25, -0.2) is 4.98 Å². The van der Waals surface area contributed by atoms with E-state index in [0.29, 0.717) is 24.1 Å². The molecule has 0 amide bonds. The maximum absolute atomic E-state index is 12.9. The molecule has 0 saturated carbocycles. The fourth-order valence-corrected chi connectivity index (χ4v) is 3.75. The number of Topliss-reactive ketones (excluding diaryl/α,β-unsaturated/α-hetero) is 1. The Morgan fingerprint density at radius 3 is 2.46 bits per heavy atom. The molecule has 4 rings (SSSR count). The van der Waals surface area contributed by atoms with Gasteiger partial charge in [0.05, 0.1) is 0 Å². The molecule has 1 saturated heterocycles. The van der Waals surface area contributed by atoms with Crippen molar-refractivity contribution in [3.8, 4) is 17.0 Å². The minimum absolute atomic E-state index is 0.00872. The lowest BCUT2D eigenvalue weighted by atomic mass is 9.88. The van der Waals surface area contributed by atoms with Gasteiger partial charge in [-0.3, -0.25) is 4.79 Å². The lowest BCUT2D eigenvalue weighted by molar-refractivity contribution is 0.0900. The second-order valence-corrected chi connectivity index (χ2v) is 7.36.